The van der Waals surface area contributed by atoms with E-state index in [9.17, 15) is 0 Å². The Balaban J connectivity index is 1.33. The first-order valence-corrected chi connectivity index (χ1v) is 15.9. The fourth-order valence-corrected chi connectivity index (χ4v) is 7.33. The normalized spacial score (nSPS) is 11.8. The first-order valence-electron chi connectivity index (χ1n) is 15.9. The van der Waals surface area contributed by atoms with E-state index < -0.39 is 0 Å². The van der Waals surface area contributed by atoms with Crippen LogP contribution in [-0.4, -0.2) is 0 Å². The van der Waals surface area contributed by atoms with Crippen molar-refractivity contribution in [2.75, 3.05) is 4.90 Å². The van der Waals surface area contributed by atoms with Crippen LogP contribution in [-0.2, 0) is 0 Å². The monoisotopic (exact) mass is 601 g/mol. The molecule has 0 N–H and O–H groups in total. The van der Waals surface area contributed by atoms with Gasteiger partial charge in [-0.2, -0.15) is 0 Å². The van der Waals surface area contributed by atoms with Crippen molar-refractivity contribution in [1.29, 1.82) is 0 Å². The molecule has 3 heteroatoms. The van der Waals surface area contributed by atoms with Gasteiger partial charge in [0.1, 0.15) is 22.3 Å². The van der Waals surface area contributed by atoms with E-state index in [-0.39, 0.29) is 0 Å². The van der Waals surface area contributed by atoms with Gasteiger partial charge in [0.25, 0.3) is 0 Å². The molecule has 0 saturated carbocycles. The Bertz CT molecular complexity index is 2810. The number of furan rings is 2. The molecule has 10 rings (SSSR count). The van der Waals surface area contributed by atoms with Gasteiger partial charge in [-0.25, -0.2) is 0 Å². The zero-order valence-corrected chi connectivity index (χ0v) is 25.4. The number of hydrogen-bond donors (Lipinski definition) is 0. The van der Waals surface area contributed by atoms with Crippen molar-refractivity contribution in [3.63, 3.8) is 0 Å². The van der Waals surface area contributed by atoms with Gasteiger partial charge >= 0.3 is 0 Å². The topological polar surface area (TPSA) is 29.5 Å². The number of nitrogens with zero attached hydrogens (tertiary/aromatic N) is 1. The molecule has 0 bridgehead atoms. The van der Waals surface area contributed by atoms with Gasteiger partial charge in [-0.15, -0.1) is 0 Å². The van der Waals surface area contributed by atoms with Crippen molar-refractivity contribution < 1.29 is 8.83 Å². The molecule has 2 heterocycles. The maximum Gasteiger partial charge on any atom is 0.145 e. The SMILES string of the molecule is c1ccc(-c2ccc(N(c3ccc4c(ccc5ccccc54)c3)c3cccc4oc5ccccc5c34)c3c2oc2ccccc23)cc1. The molecule has 0 atom stereocenters. The first-order chi connectivity index (χ1) is 23.3. The Labute approximate surface area is 270 Å². The summed E-state index contributed by atoms with van der Waals surface area (Å²) in [6.07, 6.45) is 0. The summed E-state index contributed by atoms with van der Waals surface area (Å²) in [4.78, 5) is 2.39. The summed E-state index contributed by atoms with van der Waals surface area (Å²) < 4.78 is 13.1. The van der Waals surface area contributed by atoms with E-state index in [1.165, 1.54) is 21.5 Å². The fourth-order valence-electron chi connectivity index (χ4n) is 7.33. The van der Waals surface area contributed by atoms with Crippen LogP contribution in [0.15, 0.2) is 173 Å². The maximum absolute atomic E-state index is 6.72. The molecule has 0 unspecified atom stereocenters. The van der Waals surface area contributed by atoms with E-state index in [0.717, 1.165) is 72.1 Å². The lowest BCUT2D eigenvalue weighted by molar-refractivity contribution is 0.669. The van der Waals surface area contributed by atoms with E-state index in [2.05, 4.69) is 144 Å². The van der Waals surface area contributed by atoms with Crippen LogP contribution in [0.5, 0.6) is 0 Å². The number of hydrogen-bond acceptors (Lipinski definition) is 3. The molecule has 8 aromatic carbocycles. The number of rotatable bonds is 4. The minimum absolute atomic E-state index is 0.856. The van der Waals surface area contributed by atoms with Crippen molar-refractivity contribution >= 4 is 82.5 Å². The molecule has 0 aliphatic carbocycles. The standard InChI is InChI=1S/C44H27NO2/c1-2-11-28(12-3-1)34-25-26-38(43-36-16-7-9-19-40(36)47-44(34)43)45(37-17-10-20-41-42(37)35-15-6-8-18-39(35)46-41)31-23-24-33-30(27-31)22-21-29-13-4-5-14-32(29)33/h1-27H. The number of benzene rings is 8. The molecule has 0 radical (unpaired) electrons. The molecule has 0 aliphatic heterocycles. The lowest BCUT2D eigenvalue weighted by Gasteiger charge is -2.28. The summed E-state index contributed by atoms with van der Waals surface area (Å²) in [5.74, 6) is 0. The largest absolute Gasteiger partial charge is 0.456 e. The average Bonchev–Trinajstić information content (AvgIpc) is 3.72. The zero-order valence-electron chi connectivity index (χ0n) is 25.4. The molecule has 10 aromatic rings. The van der Waals surface area contributed by atoms with Crippen molar-refractivity contribution in [3.05, 3.63) is 164 Å². The van der Waals surface area contributed by atoms with Crippen molar-refractivity contribution in [3.8, 4) is 11.1 Å². The fraction of sp³-hybridized carbons (Fsp3) is 0. The summed E-state index contributed by atoms with van der Waals surface area (Å²) in [6.45, 7) is 0. The lowest BCUT2D eigenvalue weighted by atomic mass is 9.98. The second kappa shape index (κ2) is 10.1. The molecular weight excluding hydrogens is 574 g/mol. The molecule has 0 aliphatic rings. The molecule has 0 amide bonds. The predicted octanol–water partition coefficient (Wildman–Crippen LogP) is 12.9. The van der Waals surface area contributed by atoms with Crippen LogP contribution >= 0.6 is 0 Å². The second-order valence-electron chi connectivity index (χ2n) is 12.1. The average molecular weight is 602 g/mol. The highest BCUT2D eigenvalue weighted by atomic mass is 16.3. The van der Waals surface area contributed by atoms with Crippen LogP contribution in [0, 0.1) is 0 Å². The first kappa shape index (κ1) is 26.0. The molecule has 3 nitrogen and oxygen atoms in total. The summed E-state index contributed by atoms with van der Waals surface area (Å²) in [7, 11) is 0. The van der Waals surface area contributed by atoms with E-state index in [4.69, 9.17) is 8.83 Å². The van der Waals surface area contributed by atoms with Crippen molar-refractivity contribution in [2.45, 2.75) is 0 Å². The highest BCUT2D eigenvalue weighted by Gasteiger charge is 2.25. The van der Waals surface area contributed by atoms with E-state index in [0.29, 0.717) is 0 Å². The van der Waals surface area contributed by atoms with E-state index in [1.54, 1.807) is 0 Å². The Kier molecular flexibility index (Phi) is 5.57. The van der Waals surface area contributed by atoms with Crippen LogP contribution < -0.4 is 4.90 Å². The predicted molar refractivity (Wildman–Crippen MR) is 196 cm³/mol. The number of anilines is 3. The van der Waals surface area contributed by atoms with Gasteiger partial charge in [0.2, 0.25) is 0 Å². The zero-order chi connectivity index (χ0) is 30.9. The van der Waals surface area contributed by atoms with E-state index >= 15 is 0 Å². The van der Waals surface area contributed by atoms with Gasteiger partial charge in [-0.05, 0) is 75.6 Å². The van der Waals surface area contributed by atoms with Gasteiger partial charge in [0, 0.05) is 22.0 Å². The minimum Gasteiger partial charge on any atom is -0.456 e. The summed E-state index contributed by atoms with van der Waals surface area (Å²) in [6, 6.07) is 57.8. The quantitative estimate of drug-likeness (QED) is 0.188. The molecule has 47 heavy (non-hydrogen) atoms. The molecule has 0 fully saturated rings. The van der Waals surface area contributed by atoms with Gasteiger partial charge in [-0.3, -0.25) is 0 Å². The Morgan fingerprint density at radius 3 is 1.87 bits per heavy atom. The van der Waals surface area contributed by atoms with Crippen LogP contribution in [0.25, 0.3) is 76.5 Å². The van der Waals surface area contributed by atoms with Crippen LogP contribution in [0.4, 0.5) is 17.1 Å². The molecule has 220 valence electrons. The second-order valence-corrected chi connectivity index (χ2v) is 12.1. The Hall–Kier alpha value is -6.32. The van der Waals surface area contributed by atoms with Crippen molar-refractivity contribution in [2.24, 2.45) is 0 Å². The lowest BCUT2D eigenvalue weighted by Crippen LogP contribution is -2.11. The third kappa shape index (κ3) is 3.93. The Morgan fingerprint density at radius 2 is 1.02 bits per heavy atom. The van der Waals surface area contributed by atoms with Gasteiger partial charge < -0.3 is 13.7 Å². The highest BCUT2D eigenvalue weighted by Crippen LogP contribution is 2.49. The van der Waals surface area contributed by atoms with E-state index in [1.807, 2.05) is 24.3 Å². The maximum atomic E-state index is 6.72. The smallest absolute Gasteiger partial charge is 0.145 e. The van der Waals surface area contributed by atoms with Gasteiger partial charge in [0.05, 0.1) is 22.1 Å². The third-order valence-electron chi connectivity index (χ3n) is 9.44. The Morgan fingerprint density at radius 1 is 0.383 bits per heavy atom. The molecule has 2 aromatic heterocycles. The highest BCUT2D eigenvalue weighted by molar-refractivity contribution is 6.20. The summed E-state index contributed by atoms with van der Waals surface area (Å²) in [5, 5.41) is 9.23. The molecular formula is C44H27NO2. The van der Waals surface area contributed by atoms with Crippen LogP contribution in [0.1, 0.15) is 0 Å². The van der Waals surface area contributed by atoms with Crippen molar-refractivity contribution in [1.82, 2.24) is 0 Å². The van der Waals surface area contributed by atoms with Crippen LogP contribution in [0.3, 0.4) is 0 Å². The number of fused-ring (bicyclic) bond motifs is 9. The summed E-state index contributed by atoms with van der Waals surface area (Å²) >= 11 is 0. The molecule has 0 spiro atoms. The minimum atomic E-state index is 0.856. The number of para-hydroxylation sites is 2. The summed E-state index contributed by atoms with van der Waals surface area (Å²) in [5.41, 5.74) is 8.80. The third-order valence-corrected chi connectivity index (χ3v) is 9.44. The van der Waals surface area contributed by atoms with Crippen LogP contribution in [0.2, 0.25) is 0 Å². The van der Waals surface area contributed by atoms with Gasteiger partial charge in [-0.1, -0.05) is 115 Å². The van der Waals surface area contributed by atoms with Gasteiger partial charge in [0.15, 0.2) is 0 Å². The molecule has 0 saturated heterocycles.